The Morgan fingerprint density at radius 3 is 3.00 bits per heavy atom. The molecule has 3 nitrogen and oxygen atoms in total. The van der Waals surface area contributed by atoms with Crippen LogP contribution in [0.4, 0.5) is 0 Å². The number of carbonyl (C=O) groups is 1. The predicted octanol–water partition coefficient (Wildman–Crippen LogP) is 1.52. The van der Waals surface area contributed by atoms with Crippen LogP contribution in [0, 0.1) is 6.92 Å². The molecule has 0 aromatic carbocycles. The Morgan fingerprint density at radius 1 is 1.82 bits per heavy atom. The maximum absolute atomic E-state index is 10.1. The summed E-state index contributed by atoms with van der Waals surface area (Å²) in [6.07, 6.45) is 0. The van der Waals surface area contributed by atoms with E-state index in [2.05, 4.69) is 0 Å². The number of carboxylic acid groups (broad SMARTS) is 1. The summed E-state index contributed by atoms with van der Waals surface area (Å²) in [5.74, 6) is -0.946. The molecule has 0 aliphatic carbocycles. The minimum Gasteiger partial charge on any atom is -0.479 e. The molecule has 0 saturated heterocycles. The first kappa shape index (κ1) is 8.07. The van der Waals surface area contributed by atoms with Gasteiger partial charge in [0.25, 0.3) is 0 Å². The quantitative estimate of drug-likeness (QED) is 0.751. The third-order valence-electron chi connectivity index (χ3n) is 1.14. The molecule has 4 heteroatoms. The maximum Gasteiger partial charge on any atom is 0.341 e. The van der Waals surface area contributed by atoms with Crippen LogP contribution < -0.4 is 4.74 Å². The molecule has 0 unspecified atom stereocenters. The fraction of sp³-hybridized carbons (Fsp3) is 0.286. The van der Waals surface area contributed by atoms with E-state index < -0.39 is 5.97 Å². The fourth-order valence-corrected chi connectivity index (χ4v) is 1.41. The predicted molar refractivity (Wildman–Crippen MR) is 42.2 cm³/mol. The van der Waals surface area contributed by atoms with Crippen LogP contribution in [0.1, 0.15) is 5.56 Å². The van der Waals surface area contributed by atoms with Crippen LogP contribution in [0.15, 0.2) is 11.4 Å². The maximum atomic E-state index is 10.1. The molecule has 0 atom stereocenters. The van der Waals surface area contributed by atoms with Gasteiger partial charge in [-0.05, 0) is 18.4 Å². The molecule has 1 heterocycles. The molecule has 0 fully saturated rings. The van der Waals surface area contributed by atoms with E-state index in [-0.39, 0.29) is 6.61 Å². The zero-order chi connectivity index (χ0) is 8.27. The molecular formula is C7H8O3S. The monoisotopic (exact) mass is 172 g/mol. The summed E-state index contributed by atoms with van der Waals surface area (Å²) in [5.41, 5.74) is 0.983. The molecule has 0 saturated carbocycles. The highest BCUT2D eigenvalue weighted by molar-refractivity contribution is 7.12. The second-order valence-corrected chi connectivity index (χ2v) is 2.95. The summed E-state index contributed by atoms with van der Waals surface area (Å²) in [7, 11) is 0. The largest absolute Gasteiger partial charge is 0.479 e. The lowest BCUT2D eigenvalue weighted by atomic mass is 10.4. The average Bonchev–Trinajstić information content (AvgIpc) is 2.31. The first-order valence-electron chi connectivity index (χ1n) is 3.09. The van der Waals surface area contributed by atoms with Crippen LogP contribution in [0.5, 0.6) is 5.06 Å². The zero-order valence-electron chi connectivity index (χ0n) is 6.03. The molecule has 60 valence electrons. The second-order valence-electron chi connectivity index (χ2n) is 2.07. The van der Waals surface area contributed by atoms with E-state index in [0.717, 1.165) is 5.56 Å². The normalized spacial score (nSPS) is 9.55. The number of rotatable bonds is 3. The molecule has 0 radical (unpaired) electrons. The topological polar surface area (TPSA) is 46.5 Å². The lowest BCUT2D eigenvalue weighted by Crippen LogP contribution is -2.08. The molecular weight excluding hydrogens is 164 g/mol. The van der Waals surface area contributed by atoms with Crippen molar-refractivity contribution in [2.24, 2.45) is 0 Å². The summed E-state index contributed by atoms with van der Waals surface area (Å²) < 4.78 is 4.96. The Morgan fingerprint density at radius 2 is 2.55 bits per heavy atom. The first-order chi connectivity index (χ1) is 5.20. The highest BCUT2D eigenvalue weighted by Gasteiger charge is 2.02. The van der Waals surface area contributed by atoms with Crippen LogP contribution in [0.3, 0.4) is 0 Å². The van der Waals surface area contributed by atoms with E-state index in [1.165, 1.54) is 11.3 Å². The highest BCUT2D eigenvalue weighted by atomic mass is 32.1. The molecule has 11 heavy (non-hydrogen) atoms. The Bertz CT molecular complexity index is 254. The zero-order valence-corrected chi connectivity index (χ0v) is 6.85. The minimum atomic E-state index is -0.946. The highest BCUT2D eigenvalue weighted by Crippen LogP contribution is 2.24. The summed E-state index contributed by atoms with van der Waals surface area (Å²) in [5, 5.41) is 10.8. The Kier molecular flexibility index (Phi) is 2.48. The number of carboxylic acids is 1. The van der Waals surface area contributed by atoms with Gasteiger partial charge in [-0.25, -0.2) is 4.79 Å². The van der Waals surface area contributed by atoms with Crippen molar-refractivity contribution in [3.63, 3.8) is 0 Å². The Hall–Kier alpha value is -1.03. The van der Waals surface area contributed by atoms with Gasteiger partial charge in [-0.3, -0.25) is 0 Å². The first-order valence-corrected chi connectivity index (χ1v) is 3.97. The second kappa shape index (κ2) is 3.39. The molecule has 0 bridgehead atoms. The third-order valence-corrected chi connectivity index (χ3v) is 2.07. The molecule has 0 amide bonds. The molecule has 1 aromatic heterocycles. The van der Waals surface area contributed by atoms with Crippen LogP contribution >= 0.6 is 11.3 Å². The van der Waals surface area contributed by atoms with Crippen LogP contribution in [0.2, 0.25) is 0 Å². The van der Waals surface area contributed by atoms with Gasteiger partial charge in [-0.15, -0.1) is 11.3 Å². The van der Waals surface area contributed by atoms with Crippen LogP contribution in [-0.2, 0) is 4.79 Å². The van der Waals surface area contributed by atoms with E-state index in [0.29, 0.717) is 5.06 Å². The number of aryl methyl sites for hydroxylation is 1. The standard InChI is InChI=1S/C7H8O3S/c1-5-2-3-11-7(5)10-4-6(8)9/h2-3H,4H2,1H3,(H,8,9). The van der Waals surface area contributed by atoms with Gasteiger partial charge in [0.1, 0.15) is 0 Å². The number of hydrogen-bond donors (Lipinski definition) is 1. The van der Waals surface area contributed by atoms with Crippen molar-refractivity contribution in [1.82, 2.24) is 0 Å². The summed E-state index contributed by atoms with van der Waals surface area (Å²) in [4.78, 5) is 10.1. The van der Waals surface area contributed by atoms with Gasteiger partial charge in [0.15, 0.2) is 11.7 Å². The summed E-state index contributed by atoms with van der Waals surface area (Å²) in [6.45, 7) is 1.62. The fourth-order valence-electron chi connectivity index (χ4n) is 0.634. The van der Waals surface area contributed by atoms with Gasteiger partial charge in [0, 0.05) is 5.56 Å². The van der Waals surface area contributed by atoms with E-state index >= 15 is 0 Å². The van der Waals surface area contributed by atoms with Crippen molar-refractivity contribution >= 4 is 17.3 Å². The molecule has 0 spiro atoms. The molecule has 0 aliphatic heterocycles. The third kappa shape index (κ3) is 2.23. The lowest BCUT2D eigenvalue weighted by Gasteiger charge is -1.99. The van der Waals surface area contributed by atoms with Crippen LogP contribution in [0.25, 0.3) is 0 Å². The number of ether oxygens (including phenoxy) is 1. The summed E-state index contributed by atoms with van der Waals surface area (Å²) in [6, 6.07) is 1.89. The average molecular weight is 172 g/mol. The van der Waals surface area contributed by atoms with Gasteiger partial charge in [-0.1, -0.05) is 0 Å². The van der Waals surface area contributed by atoms with Crippen molar-refractivity contribution in [1.29, 1.82) is 0 Å². The van der Waals surface area contributed by atoms with E-state index in [1.807, 2.05) is 18.4 Å². The van der Waals surface area contributed by atoms with Gasteiger partial charge < -0.3 is 9.84 Å². The van der Waals surface area contributed by atoms with Gasteiger partial charge in [0.05, 0.1) is 0 Å². The molecule has 0 aliphatic rings. The van der Waals surface area contributed by atoms with Gasteiger partial charge in [0.2, 0.25) is 0 Å². The van der Waals surface area contributed by atoms with Gasteiger partial charge in [-0.2, -0.15) is 0 Å². The van der Waals surface area contributed by atoms with Crippen molar-refractivity contribution in [3.8, 4) is 5.06 Å². The van der Waals surface area contributed by atoms with Gasteiger partial charge >= 0.3 is 5.97 Å². The van der Waals surface area contributed by atoms with Crippen molar-refractivity contribution in [2.45, 2.75) is 6.92 Å². The molecule has 1 aromatic rings. The van der Waals surface area contributed by atoms with E-state index in [9.17, 15) is 4.79 Å². The Balaban J connectivity index is 2.51. The van der Waals surface area contributed by atoms with Crippen molar-refractivity contribution < 1.29 is 14.6 Å². The summed E-state index contributed by atoms with van der Waals surface area (Å²) >= 11 is 1.41. The molecule has 1 N–H and O–H groups in total. The van der Waals surface area contributed by atoms with E-state index in [4.69, 9.17) is 9.84 Å². The van der Waals surface area contributed by atoms with E-state index in [1.54, 1.807) is 0 Å². The SMILES string of the molecule is Cc1ccsc1OCC(=O)O. The number of thiophene rings is 1. The minimum absolute atomic E-state index is 0.263. The van der Waals surface area contributed by atoms with Crippen LogP contribution in [-0.4, -0.2) is 17.7 Å². The molecule has 1 rings (SSSR count). The van der Waals surface area contributed by atoms with Crippen molar-refractivity contribution in [3.05, 3.63) is 17.0 Å². The Labute approximate surface area is 68.2 Å². The lowest BCUT2D eigenvalue weighted by molar-refractivity contribution is -0.139. The van der Waals surface area contributed by atoms with Crippen molar-refractivity contribution in [2.75, 3.05) is 6.61 Å². The smallest absolute Gasteiger partial charge is 0.341 e. The number of aliphatic carboxylic acids is 1. The number of hydrogen-bond acceptors (Lipinski definition) is 3.